The maximum Gasteiger partial charge on any atom is 0.314 e. The topological polar surface area (TPSA) is 69.4 Å². The SMILES string of the molecule is CCCCC[C@H](C)C(=O)Oc1ccc([N+](=O)[O-])cc1. The number of non-ortho nitro benzene ring substituents is 1. The highest BCUT2D eigenvalue weighted by Gasteiger charge is 2.15. The summed E-state index contributed by atoms with van der Waals surface area (Å²) in [5.74, 6) is -0.0929. The number of nitrogens with zero attached hydrogens (tertiary/aromatic N) is 1. The van der Waals surface area contributed by atoms with E-state index in [2.05, 4.69) is 6.92 Å². The Morgan fingerprint density at radius 2 is 1.95 bits per heavy atom. The van der Waals surface area contributed by atoms with Crippen LogP contribution in [0.4, 0.5) is 5.69 Å². The molecule has 0 fully saturated rings. The summed E-state index contributed by atoms with van der Waals surface area (Å²) in [5, 5.41) is 10.5. The second-order valence-electron chi connectivity index (χ2n) is 4.57. The van der Waals surface area contributed by atoms with E-state index in [9.17, 15) is 14.9 Å². The smallest absolute Gasteiger partial charge is 0.314 e. The lowest BCUT2D eigenvalue weighted by Gasteiger charge is -2.10. The van der Waals surface area contributed by atoms with E-state index in [1.54, 1.807) is 0 Å². The first-order chi connectivity index (χ1) is 9.04. The molecule has 0 saturated heterocycles. The quantitative estimate of drug-likeness (QED) is 0.248. The average molecular weight is 265 g/mol. The number of hydrogen-bond donors (Lipinski definition) is 0. The molecule has 1 aromatic carbocycles. The van der Waals surface area contributed by atoms with E-state index < -0.39 is 4.92 Å². The van der Waals surface area contributed by atoms with Gasteiger partial charge >= 0.3 is 5.97 Å². The van der Waals surface area contributed by atoms with Gasteiger partial charge in [0.15, 0.2) is 0 Å². The van der Waals surface area contributed by atoms with Crippen molar-refractivity contribution in [1.82, 2.24) is 0 Å². The Bertz CT molecular complexity index is 428. The van der Waals surface area contributed by atoms with Crippen molar-refractivity contribution < 1.29 is 14.5 Å². The molecule has 5 heteroatoms. The summed E-state index contributed by atoms with van der Waals surface area (Å²) in [5.41, 5.74) is -0.0178. The van der Waals surface area contributed by atoms with Crippen molar-refractivity contribution in [3.8, 4) is 5.75 Å². The minimum absolute atomic E-state index is 0.0178. The Labute approximate surface area is 112 Å². The molecule has 19 heavy (non-hydrogen) atoms. The molecule has 104 valence electrons. The van der Waals surface area contributed by atoms with Crippen LogP contribution in [0.1, 0.15) is 39.5 Å². The van der Waals surface area contributed by atoms with E-state index in [0.29, 0.717) is 5.75 Å². The molecular formula is C14H19NO4. The molecule has 0 spiro atoms. The Morgan fingerprint density at radius 1 is 1.32 bits per heavy atom. The molecule has 0 radical (unpaired) electrons. The van der Waals surface area contributed by atoms with Gasteiger partial charge in [0.2, 0.25) is 0 Å². The number of carbonyl (C=O) groups excluding carboxylic acids is 1. The van der Waals surface area contributed by atoms with Gasteiger partial charge in [-0.2, -0.15) is 0 Å². The summed E-state index contributed by atoms with van der Waals surface area (Å²) in [6.45, 7) is 3.95. The zero-order valence-electron chi connectivity index (χ0n) is 11.3. The van der Waals surface area contributed by atoms with Gasteiger partial charge in [-0.1, -0.05) is 33.1 Å². The van der Waals surface area contributed by atoms with E-state index in [1.165, 1.54) is 24.3 Å². The van der Waals surface area contributed by atoms with Gasteiger partial charge in [-0.3, -0.25) is 14.9 Å². The highest BCUT2D eigenvalue weighted by molar-refractivity contribution is 5.74. The normalized spacial score (nSPS) is 11.9. The van der Waals surface area contributed by atoms with Crippen LogP contribution in [0.3, 0.4) is 0 Å². The Kier molecular flexibility index (Phi) is 5.99. The molecule has 5 nitrogen and oxygen atoms in total. The zero-order chi connectivity index (χ0) is 14.3. The molecule has 0 aliphatic rings. The van der Waals surface area contributed by atoms with Crippen LogP contribution >= 0.6 is 0 Å². The molecule has 1 rings (SSSR count). The number of carbonyl (C=O) groups is 1. The van der Waals surface area contributed by atoms with Crippen molar-refractivity contribution in [3.63, 3.8) is 0 Å². The third-order valence-corrected chi connectivity index (χ3v) is 2.91. The molecule has 0 aliphatic heterocycles. The number of benzene rings is 1. The molecule has 0 bridgehead atoms. The van der Waals surface area contributed by atoms with Crippen LogP contribution in [0.2, 0.25) is 0 Å². The van der Waals surface area contributed by atoms with Gasteiger partial charge in [0.1, 0.15) is 5.75 Å². The van der Waals surface area contributed by atoms with E-state index in [1.807, 2.05) is 6.92 Å². The lowest BCUT2D eigenvalue weighted by molar-refractivity contribution is -0.384. The molecule has 0 N–H and O–H groups in total. The summed E-state index contributed by atoms with van der Waals surface area (Å²) in [7, 11) is 0. The number of ether oxygens (including phenoxy) is 1. The van der Waals surface area contributed by atoms with Crippen LogP contribution in [0.15, 0.2) is 24.3 Å². The van der Waals surface area contributed by atoms with E-state index in [-0.39, 0.29) is 17.6 Å². The van der Waals surface area contributed by atoms with Gasteiger partial charge in [0.05, 0.1) is 10.8 Å². The van der Waals surface area contributed by atoms with Gasteiger partial charge in [0, 0.05) is 12.1 Å². The average Bonchev–Trinajstić information content (AvgIpc) is 2.39. The number of esters is 1. The molecule has 0 aromatic heterocycles. The summed E-state index contributed by atoms with van der Waals surface area (Å²) < 4.78 is 5.18. The fourth-order valence-electron chi connectivity index (χ4n) is 1.67. The zero-order valence-corrected chi connectivity index (χ0v) is 11.3. The number of hydrogen-bond acceptors (Lipinski definition) is 4. The molecule has 0 unspecified atom stereocenters. The highest BCUT2D eigenvalue weighted by atomic mass is 16.6. The number of rotatable bonds is 7. The van der Waals surface area contributed by atoms with E-state index >= 15 is 0 Å². The minimum Gasteiger partial charge on any atom is -0.426 e. The summed E-state index contributed by atoms with van der Waals surface area (Å²) in [6, 6.07) is 5.53. The van der Waals surface area contributed by atoms with Crippen LogP contribution in [0.25, 0.3) is 0 Å². The third kappa shape index (κ3) is 5.07. The summed E-state index contributed by atoms with van der Waals surface area (Å²) in [6.07, 6.45) is 4.03. The largest absolute Gasteiger partial charge is 0.426 e. The van der Waals surface area contributed by atoms with Crippen LogP contribution in [-0.4, -0.2) is 10.9 Å². The summed E-state index contributed by atoms with van der Waals surface area (Å²) in [4.78, 5) is 21.8. The van der Waals surface area contributed by atoms with E-state index in [0.717, 1.165) is 25.7 Å². The van der Waals surface area contributed by atoms with Crippen LogP contribution in [0.5, 0.6) is 5.75 Å². The number of nitro groups is 1. The molecule has 1 aromatic rings. The lowest BCUT2D eigenvalue weighted by atomic mass is 10.0. The predicted octanol–water partition coefficient (Wildman–Crippen LogP) is 3.72. The van der Waals surface area contributed by atoms with Crippen LogP contribution < -0.4 is 4.74 Å². The second kappa shape index (κ2) is 7.51. The van der Waals surface area contributed by atoms with Gasteiger partial charge < -0.3 is 4.74 Å². The fraction of sp³-hybridized carbons (Fsp3) is 0.500. The summed E-state index contributed by atoms with van der Waals surface area (Å²) >= 11 is 0. The van der Waals surface area contributed by atoms with Crippen LogP contribution in [0, 0.1) is 16.0 Å². The van der Waals surface area contributed by atoms with Gasteiger partial charge in [-0.05, 0) is 18.6 Å². The van der Waals surface area contributed by atoms with Crippen molar-refractivity contribution in [1.29, 1.82) is 0 Å². The third-order valence-electron chi connectivity index (χ3n) is 2.91. The highest BCUT2D eigenvalue weighted by Crippen LogP contribution is 2.19. The van der Waals surface area contributed by atoms with Crippen LogP contribution in [-0.2, 0) is 4.79 Å². The van der Waals surface area contributed by atoms with Crippen molar-refractivity contribution in [2.75, 3.05) is 0 Å². The Morgan fingerprint density at radius 3 is 2.47 bits per heavy atom. The molecular weight excluding hydrogens is 246 g/mol. The molecule has 1 atom stereocenters. The lowest BCUT2D eigenvalue weighted by Crippen LogP contribution is -2.17. The number of unbranched alkanes of at least 4 members (excludes halogenated alkanes) is 2. The predicted molar refractivity (Wildman–Crippen MR) is 72.0 cm³/mol. The standard InChI is InChI=1S/C14H19NO4/c1-3-4-5-6-11(2)14(16)19-13-9-7-12(8-10-13)15(17)18/h7-11H,3-6H2,1-2H3/t11-/m0/s1. The maximum absolute atomic E-state index is 11.8. The molecule has 0 saturated carbocycles. The molecule has 0 heterocycles. The molecule has 0 aliphatic carbocycles. The minimum atomic E-state index is -0.487. The maximum atomic E-state index is 11.8. The first-order valence-corrected chi connectivity index (χ1v) is 6.50. The van der Waals surface area contributed by atoms with Crippen molar-refractivity contribution >= 4 is 11.7 Å². The van der Waals surface area contributed by atoms with Crippen molar-refractivity contribution in [2.24, 2.45) is 5.92 Å². The van der Waals surface area contributed by atoms with Gasteiger partial charge in [-0.15, -0.1) is 0 Å². The van der Waals surface area contributed by atoms with Gasteiger partial charge in [-0.25, -0.2) is 0 Å². The van der Waals surface area contributed by atoms with Crippen molar-refractivity contribution in [3.05, 3.63) is 34.4 Å². The van der Waals surface area contributed by atoms with Gasteiger partial charge in [0.25, 0.3) is 5.69 Å². The fourth-order valence-corrected chi connectivity index (χ4v) is 1.67. The van der Waals surface area contributed by atoms with E-state index in [4.69, 9.17) is 4.74 Å². The number of nitro benzene ring substituents is 1. The monoisotopic (exact) mass is 265 g/mol. The first kappa shape index (κ1) is 15.1. The Balaban J connectivity index is 2.49. The van der Waals surface area contributed by atoms with Crippen molar-refractivity contribution in [2.45, 2.75) is 39.5 Å². The second-order valence-corrected chi connectivity index (χ2v) is 4.57. The molecule has 0 amide bonds. The first-order valence-electron chi connectivity index (χ1n) is 6.50. The Hall–Kier alpha value is -1.91.